The molecule has 0 radical (unpaired) electrons. The van der Waals surface area contributed by atoms with Crippen molar-refractivity contribution in [2.45, 2.75) is 18.9 Å². The van der Waals surface area contributed by atoms with Crippen LogP contribution in [0.15, 0.2) is 73.3 Å². The van der Waals surface area contributed by atoms with E-state index in [0.29, 0.717) is 18.8 Å². The van der Waals surface area contributed by atoms with E-state index in [1.165, 1.54) is 6.33 Å². The molecule has 0 saturated carbocycles. The van der Waals surface area contributed by atoms with E-state index in [4.69, 9.17) is 0 Å². The maximum Gasteiger partial charge on any atom is 0.405 e. The Bertz CT molecular complexity index is 1370. The molecule has 2 aromatic heterocycles. The van der Waals surface area contributed by atoms with Crippen LogP contribution in [-0.2, 0) is 24.7 Å². The molecule has 5 rings (SSSR count). The SMILES string of the molecule is Cn1ncnc1-c1cc(-c2ccncc2)cc2c1CCN2C(=O)[C@H](Cc1ccccc1)NC(=O)O. The van der Waals surface area contributed by atoms with Crippen LogP contribution in [0, 0.1) is 0 Å². The first-order valence-electron chi connectivity index (χ1n) is 11.3. The summed E-state index contributed by atoms with van der Waals surface area (Å²) < 4.78 is 1.71. The van der Waals surface area contributed by atoms with Crippen molar-refractivity contribution in [2.24, 2.45) is 7.05 Å². The predicted molar refractivity (Wildman–Crippen MR) is 131 cm³/mol. The van der Waals surface area contributed by atoms with Crippen LogP contribution in [0.4, 0.5) is 10.5 Å². The zero-order valence-electron chi connectivity index (χ0n) is 19.1. The lowest BCUT2D eigenvalue weighted by Crippen LogP contribution is -2.49. The number of benzene rings is 2. The summed E-state index contributed by atoms with van der Waals surface area (Å²) in [7, 11) is 1.83. The van der Waals surface area contributed by atoms with Crippen LogP contribution in [0.2, 0.25) is 0 Å². The number of hydrogen-bond acceptors (Lipinski definition) is 5. The molecular formula is C26H24N6O3. The van der Waals surface area contributed by atoms with Gasteiger partial charge in [0.2, 0.25) is 5.91 Å². The molecule has 1 atom stereocenters. The number of anilines is 1. The number of carboxylic acid groups (broad SMARTS) is 1. The second-order valence-electron chi connectivity index (χ2n) is 8.40. The van der Waals surface area contributed by atoms with Crippen LogP contribution in [0.1, 0.15) is 11.1 Å². The van der Waals surface area contributed by atoms with Crippen molar-refractivity contribution < 1.29 is 14.7 Å². The average molecular weight is 469 g/mol. The second-order valence-corrected chi connectivity index (χ2v) is 8.40. The smallest absolute Gasteiger partial charge is 0.405 e. The number of aryl methyl sites for hydroxylation is 1. The van der Waals surface area contributed by atoms with Gasteiger partial charge in [0, 0.05) is 43.7 Å². The molecule has 176 valence electrons. The first kappa shape index (κ1) is 22.3. The molecule has 2 aromatic carbocycles. The number of hydrogen-bond donors (Lipinski definition) is 2. The molecule has 9 heteroatoms. The van der Waals surface area contributed by atoms with Crippen molar-refractivity contribution in [1.29, 1.82) is 0 Å². The first-order valence-corrected chi connectivity index (χ1v) is 11.3. The Balaban J connectivity index is 1.58. The number of pyridine rings is 1. The molecule has 0 fully saturated rings. The highest BCUT2D eigenvalue weighted by Crippen LogP contribution is 2.40. The zero-order chi connectivity index (χ0) is 24.4. The molecule has 1 aliphatic rings. The highest BCUT2D eigenvalue weighted by Gasteiger charge is 2.33. The van der Waals surface area contributed by atoms with E-state index in [-0.39, 0.29) is 12.3 Å². The molecule has 9 nitrogen and oxygen atoms in total. The van der Waals surface area contributed by atoms with Crippen LogP contribution >= 0.6 is 0 Å². The molecule has 0 bridgehead atoms. The van der Waals surface area contributed by atoms with Crippen LogP contribution in [0.25, 0.3) is 22.5 Å². The maximum absolute atomic E-state index is 13.7. The molecule has 0 unspecified atom stereocenters. The second kappa shape index (κ2) is 9.38. The summed E-state index contributed by atoms with van der Waals surface area (Å²) in [6, 6.07) is 16.3. The topological polar surface area (TPSA) is 113 Å². The molecule has 2 amide bonds. The van der Waals surface area contributed by atoms with Gasteiger partial charge in [-0.15, -0.1) is 0 Å². The molecule has 0 saturated heterocycles. The Morgan fingerprint density at radius 2 is 1.86 bits per heavy atom. The van der Waals surface area contributed by atoms with Gasteiger partial charge in [0.25, 0.3) is 0 Å². The van der Waals surface area contributed by atoms with Crippen molar-refractivity contribution in [1.82, 2.24) is 25.1 Å². The van der Waals surface area contributed by atoms with E-state index in [1.54, 1.807) is 22.0 Å². The number of rotatable bonds is 6. The molecular weight excluding hydrogens is 444 g/mol. The van der Waals surface area contributed by atoms with Gasteiger partial charge in [0.1, 0.15) is 12.4 Å². The van der Waals surface area contributed by atoms with Gasteiger partial charge in [-0.1, -0.05) is 30.3 Å². The van der Waals surface area contributed by atoms with Crippen LogP contribution in [0.5, 0.6) is 0 Å². The van der Waals surface area contributed by atoms with Gasteiger partial charge in [0.05, 0.1) is 0 Å². The fourth-order valence-corrected chi connectivity index (χ4v) is 4.57. The molecule has 2 N–H and O–H groups in total. The van der Waals surface area contributed by atoms with Gasteiger partial charge in [-0.25, -0.2) is 14.5 Å². The van der Waals surface area contributed by atoms with E-state index in [9.17, 15) is 14.7 Å². The molecule has 0 spiro atoms. The standard InChI is InChI=1S/C26H24N6O3/c1-31-24(28-16-29-31)21-14-19(18-7-10-27-11-8-18)15-23-20(21)9-12-32(23)25(33)22(30-26(34)35)13-17-5-3-2-4-6-17/h2-8,10-11,14-16,22,30H,9,12-13H2,1H3,(H,34,35)/t22-/m0/s1. The summed E-state index contributed by atoms with van der Waals surface area (Å²) in [5.41, 5.74) is 5.39. The summed E-state index contributed by atoms with van der Waals surface area (Å²) in [6.45, 7) is 0.450. The highest BCUT2D eigenvalue weighted by atomic mass is 16.4. The van der Waals surface area contributed by atoms with Crippen molar-refractivity contribution in [3.63, 3.8) is 0 Å². The van der Waals surface area contributed by atoms with Crippen molar-refractivity contribution >= 4 is 17.7 Å². The Kier molecular flexibility index (Phi) is 5.97. The fraction of sp³-hybridized carbons (Fsp3) is 0.192. The average Bonchev–Trinajstić information content (AvgIpc) is 3.49. The van der Waals surface area contributed by atoms with Crippen LogP contribution in [0.3, 0.4) is 0 Å². The first-order chi connectivity index (χ1) is 17.0. The molecule has 3 heterocycles. The molecule has 4 aromatic rings. The van der Waals surface area contributed by atoms with Gasteiger partial charge >= 0.3 is 6.09 Å². The van der Waals surface area contributed by atoms with Crippen molar-refractivity contribution in [3.05, 3.63) is 84.4 Å². The maximum atomic E-state index is 13.7. The Morgan fingerprint density at radius 1 is 1.09 bits per heavy atom. The lowest BCUT2D eigenvalue weighted by Gasteiger charge is -2.25. The predicted octanol–water partition coefficient (Wildman–Crippen LogP) is 3.31. The fourth-order valence-electron chi connectivity index (χ4n) is 4.57. The summed E-state index contributed by atoms with van der Waals surface area (Å²) in [4.78, 5) is 35.5. The molecule has 35 heavy (non-hydrogen) atoms. The summed E-state index contributed by atoms with van der Waals surface area (Å²) in [6.07, 6.45) is 4.61. The van der Waals surface area contributed by atoms with Gasteiger partial charge < -0.3 is 15.3 Å². The Labute approximate surface area is 202 Å². The van der Waals surface area contributed by atoms with Crippen LogP contribution in [-0.4, -0.2) is 49.4 Å². The summed E-state index contributed by atoms with van der Waals surface area (Å²) in [5, 5.41) is 16.1. The molecule has 0 aliphatic carbocycles. The molecule has 1 aliphatic heterocycles. The number of fused-ring (bicyclic) bond motifs is 1. The van der Waals surface area contributed by atoms with Crippen LogP contribution < -0.4 is 10.2 Å². The van der Waals surface area contributed by atoms with E-state index < -0.39 is 12.1 Å². The van der Waals surface area contributed by atoms with Gasteiger partial charge in [-0.3, -0.25) is 9.78 Å². The number of nitrogens with zero attached hydrogens (tertiary/aromatic N) is 5. The monoisotopic (exact) mass is 468 g/mol. The minimum Gasteiger partial charge on any atom is -0.465 e. The van der Waals surface area contributed by atoms with Crippen molar-refractivity contribution in [3.8, 4) is 22.5 Å². The van der Waals surface area contributed by atoms with E-state index in [0.717, 1.165) is 33.5 Å². The van der Waals surface area contributed by atoms with E-state index >= 15 is 0 Å². The highest BCUT2D eigenvalue weighted by molar-refractivity contribution is 6.02. The number of carbonyl (C=O) groups is 2. The summed E-state index contributed by atoms with van der Waals surface area (Å²) >= 11 is 0. The number of nitrogens with one attached hydrogen (secondary N) is 1. The Morgan fingerprint density at radius 3 is 2.54 bits per heavy atom. The summed E-state index contributed by atoms with van der Waals surface area (Å²) in [5.74, 6) is 0.418. The number of carbonyl (C=O) groups excluding carboxylic acids is 1. The lowest BCUT2D eigenvalue weighted by molar-refractivity contribution is -0.120. The van der Waals surface area contributed by atoms with Gasteiger partial charge in [-0.05, 0) is 52.9 Å². The number of amides is 2. The quantitative estimate of drug-likeness (QED) is 0.449. The van der Waals surface area contributed by atoms with E-state index in [2.05, 4.69) is 26.4 Å². The minimum absolute atomic E-state index is 0.262. The Hall–Kier alpha value is -4.53. The van der Waals surface area contributed by atoms with Crippen molar-refractivity contribution in [2.75, 3.05) is 11.4 Å². The van der Waals surface area contributed by atoms with Gasteiger partial charge in [-0.2, -0.15) is 5.10 Å². The lowest BCUT2D eigenvalue weighted by atomic mass is 9.97. The zero-order valence-corrected chi connectivity index (χ0v) is 19.1. The minimum atomic E-state index is -1.23. The number of aromatic nitrogens is 4. The largest absolute Gasteiger partial charge is 0.465 e. The third-order valence-corrected chi connectivity index (χ3v) is 6.21. The van der Waals surface area contributed by atoms with Gasteiger partial charge in [0.15, 0.2) is 5.82 Å². The van der Waals surface area contributed by atoms with E-state index in [1.807, 2.05) is 55.6 Å². The third-order valence-electron chi connectivity index (χ3n) is 6.21. The third kappa shape index (κ3) is 4.48. The normalized spacial score (nSPS) is 13.3.